The highest BCUT2D eigenvalue weighted by molar-refractivity contribution is 7.48. The lowest BCUT2D eigenvalue weighted by molar-refractivity contribution is 0.285. The molecule has 2 aromatic carbocycles. The van der Waals surface area contributed by atoms with Crippen molar-refractivity contribution in [2.75, 3.05) is 24.8 Å². The molecule has 0 fully saturated rings. The largest absolute Gasteiger partial charge is 0.585 e. The first-order valence-electron chi connectivity index (χ1n) is 7.32. The number of hydrogen-bond acceptors (Lipinski definition) is 4. The van der Waals surface area contributed by atoms with E-state index < -0.39 is 13.6 Å². The van der Waals surface area contributed by atoms with Gasteiger partial charge in [-0.05, 0) is 24.3 Å². The van der Waals surface area contributed by atoms with Gasteiger partial charge in [-0.2, -0.15) is 0 Å². The van der Waals surface area contributed by atoms with E-state index in [1.165, 1.54) is 30.3 Å². The van der Waals surface area contributed by atoms with Crippen LogP contribution in [0.15, 0.2) is 54.6 Å². The third-order valence-electron chi connectivity index (χ3n) is 2.56. The lowest BCUT2D eigenvalue weighted by Crippen LogP contribution is -2.18. The van der Waals surface area contributed by atoms with Gasteiger partial charge in [0.2, 0.25) is 0 Å². The fraction of sp³-hybridized carbons (Fsp3) is 0.250. The molecule has 0 heterocycles. The quantitative estimate of drug-likeness (QED) is 0.383. The van der Waals surface area contributed by atoms with Crippen molar-refractivity contribution in [3.05, 3.63) is 60.4 Å². The van der Waals surface area contributed by atoms with Gasteiger partial charge in [0.25, 0.3) is 0 Å². The summed E-state index contributed by atoms with van der Waals surface area (Å²) in [6.45, 7) is 1.71. The van der Waals surface area contributed by atoms with E-state index in [1.807, 2.05) is 0 Å². The maximum absolute atomic E-state index is 13.2. The Bertz CT molecular complexity index is 660. The van der Waals surface area contributed by atoms with E-state index in [2.05, 4.69) is 9.84 Å². The topological polar surface area (TPSA) is 67.8 Å². The molecule has 0 spiro atoms. The fourth-order valence-corrected chi connectivity index (χ4v) is 2.62. The van der Waals surface area contributed by atoms with Crippen LogP contribution in [0.3, 0.4) is 0 Å². The van der Waals surface area contributed by atoms with E-state index in [9.17, 15) is 13.8 Å². The number of phosphoric ester groups is 1. The summed E-state index contributed by atoms with van der Waals surface area (Å²) in [5.74, 6) is 0.427. The molecule has 0 aromatic heterocycles. The Hall–Kier alpha value is -1.30. The molecule has 0 saturated heterocycles. The molecule has 25 heavy (non-hydrogen) atoms. The smallest absolute Gasteiger partial charge is 0.395 e. The number of nitrogens with one attached hydrogen (secondary N) is 1. The molecular formula is C16H19Cl2FNO4P. The zero-order valence-electron chi connectivity index (χ0n) is 13.3. The highest BCUT2D eigenvalue weighted by atomic mass is 35.5. The van der Waals surface area contributed by atoms with Crippen LogP contribution in [0.5, 0.6) is 11.5 Å². The first kappa shape index (κ1) is 21.7. The number of halogens is 3. The summed E-state index contributed by atoms with van der Waals surface area (Å²) in [4.78, 5) is 9.49. The molecule has 0 amide bonds. The summed E-state index contributed by atoms with van der Waals surface area (Å²) in [5, 5.41) is 3.02. The van der Waals surface area contributed by atoms with Crippen LogP contribution in [0.2, 0.25) is 0 Å². The van der Waals surface area contributed by atoms with E-state index in [4.69, 9.17) is 27.7 Å². The summed E-state index contributed by atoms with van der Waals surface area (Å²) in [6, 6.07) is 13.3. The van der Waals surface area contributed by atoms with Crippen molar-refractivity contribution in [2.45, 2.75) is 0 Å². The minimum Gasteiger partial charge on any atom is -0.395 e. The van der Waals surface area contributed by atoms with E-state index in [-0.39, 0.29) is 11.5 Å². The van der Waals surface area contributed by atoms with E-state index in [1.54, 1.807) is 18.2 Å². The average Bonchev–Trinajstić information content (AvgIpc) is 2.58. The minimum atomic E-state index is -4.40. The molecule has 0 aliphatic heterocycles. The van der Waals surface area contributed by atoms with Crippen molar-refractivity contribution in [3.63, 3.8) is 0 Å². The Labute approximate surface area is 156 Å². The van der Waals surface area contributed by atoms with Crippen LogP contribution in [0.1, 0.15) is 0 Å². The molecule has 9 heteroatoms. The van der Waals surface area contributed by atoms with Gasteiger partial charge in [0.05, 0.1) is 0 Å². The van der Waals surface area contributed by atoms with E-state index in [0.29, 0.717) is 11.8 Å². The Kier molecular flexibility index (Phi) is 10.5. The minimum absolute atomic E-state index is 0.166. The van der Waals surface area contributed by atoms with Gasteiger partial charge in [0.1, 0.15) is 5.75 Å². The monoisotopic (exact) mass is 409 g/mol. The van der Waals surface area contributed by atoms with Crippen LogP contribution in [0.4, 0.5) is 4.39 Å². The summed E-state index contributed by atoms with van der Waals surface area (Å²) in [6.07, 6.45) is 0. The molecule has 138 valence electrons. The van der Waals surface area contributed by atoms with E-state index >= 15 is 0 Å². The average molecular weight is 410 g/mol. The molecule has 0 aliphatic rings. The summed E-state index contributed by atoms with van der Waals surface area (Å²) >= 11 is 10.7. The zero-order valence-corrected chi connectivity index (χ0v) is 15.7. The Morgan fingerprint density at radius 1 is 0.960 bits per heavy atom. The molecule has 0 aliphatic carbocycles. The molecule has 2 N–H and O–H groups in total. The molecule has 5 nitrogen and oxygen atoms in total. The summed E-state index contributed by atoms with van der Waals surface area (Å²) < 4.78 is 34.3. The number of benzene rings is 2. The molecule has 0 radical (unpaired) electrons. The number of rotatable bonds is 8. The second-order valence-electron chi connectivity index (χ2n) is 4.52. The maximum Gasteiger partial charge on any atom is 0.585 e. The normalized spacial score (nSPS) is 12.5. The van der Waals surface area contributed by atoms with Gasteiger partial charge in [-0.1, -0.05) is 30.3 Å². The van der Waals surface area contributed by atoms with Gasteiger partial charge in [0.15, 0.2) is 11.6 Å². The molecule has 2 aromatic rings. The fourth-order valence-electron chi connectivity index (χ4n) is 1.53. The van der Waals surface area contributed by atoms with Gasteiger partial charge < -0.3 is 14.4 Å². The highest BCUT2D eigenvalue weighted by Gasteiger charge is 2.26. The van der Waals surface area contributed by atoms with Crippen LogP contribution in [0, 0.1) is 5.82 Å². The lowest BCUT2D eigenvalue weighted by atomic mass is 10.3. The summed E-state index contributed by atoms with van der Waals surface area (Å²) in [7, 11) is -4.40. The second kappa shape index (κ2) is 12.1. The van der Waals surface area contributed by atoms with E-state index in [0.717, 1.165) is 19.2 Å². The Balaban J connectivity index is 0.000000381. The SMILES string of the molecule is ClCCNCCCl.O=P(O)(Oc1ccccc1)Oc1ccccc1F. The summed E-state index contributed by atoms with van der Waals surface area (Å²) in [5.41, 5.74) is 0. The van der Waals surface area contributed by atoms with Gasteiger partial charge >= 0.3 is 7.82 Å². The first-order chi connectivity index (χ1) is 12.0. The molecule has 0 saturated carbocycles. The molecule has 2 rings (SSSR count). The Morgan fingerprint density at radius 2 is 1.52 bits per heavy atom. The highest BCUT2D eigenvalue weighted by Crippen LogP contribution is 2.44. The number of phosphoric acid groups is 1. The van der Waals surface area contributed by atoms with Gasteiger partial charge in [-0.3, -0.25) is 4.89 Å². The zero-order chi connectivity index (χ0) is 18.5. The first-order valence-corrected chi connectivity index (χ1v) is 9.89. The number of hydrogen-bond donors (Lipinski definition) is 2. The Morgan fingerprint density at radius 3 is 2.08 bits per heavy atom. The molecular weight excluding hydrogens is 391 g/mol. The molecule has 0 bridgehead atoms. The van der Waals surface area contributed by atoms with Gasteiger partial charge in [-0.15, -0.1) is 23.2 Å². The predicted octanol–water partition coefficient (Wildman–Crippen LogP) is 4.44. The number of para-hydroxylation sites is 2. The van der Waals surface area contributed by atoms with Crippen molar-refractivity contribution < 1.29 is 22.9 Å². The standard InChI is InChI=1S/C12H10FO4P.C4H9Cl2N/c13-11-8-4-5-9-12(11)17-18(14,15)16-10-6-2-1-3-7-10;5-1-3-7-4-2-6/h1-9H,(H,14,15);7H,1-4H2. The van der Waals surface area contributed by atoms with Crippen LogP contribution < -0.4 is 14.4 Å². The van der Waals surface area contributed by atoms with Crippen LogP contribution in [-0.2, 0) is 4.57 Å². The molecule has 1 atom stereocenters. The second-order valence-corrected chi connectivity index (χ2v) is 6.58. The van der Waals surface area contributed by atoms with Crippen LogP contribution in [-0.4, -0.2) is 29.7 Å². The number of alkyl halides is 2. The van der Waals surface area contributed by atoms with Gasteiger partial charge in [-0.25, -0.2) is 8.96 Å². The maximum atomic E-state index is 13.2. The van der Waals surface area contributed by atoms with Crippen molar-refractivity contribution in [1.82, 2.24) is 5.32 Å². The van der Waals surface area contributed by atoms with Crippen molar-refractivity contribution in [1.29, 1.82) is 0 Å². The lowest BCUT2D eigenvalue weighted by Gasteiger charge is -2.13. The van der Waals surface area contributed by atoms with Crippen molar-refractivity contribution >= 4 is 31.0 Å². The van der Waals surface area contributed by atoms with Gasteiger partial charge in [0, 0.05) is 24.8 Å². The van der Waals surface area contributed by atoms with Crippen molar-refractivity contribution in [3.8, 4) is 11.5 Å². The predicted molar refractivity (Wildman–Crippen MR) is 98.2 cm³/mol. The van der Waals surface area contributed by atoms with Crippen LogP contribution in [0.25, 0.3) is 0 Å². The van der Waals surface area contributed by atoms with Crippen molar-refractivity contribution in [2.24, 2.45) is 0 Å². The third-order valence-corrected chi connectivity index (χ3v) is 3.80. The molecule has 1 unspecified atom stereocenters. The van der Waals surface area contributed by atoms with Crippen LogP contribution >= 0.6 is 31.0 Å². The third kappa shape index (κ3) is 9.68.